The molecule has 7 heteroatoms. The lowest BCUT2D eigenvalue weighted by Crippen LogP contribution is -2.36. The first-order chi connectivity index (χ1) is 16.6. The second kappa shape index (κ2) is 9.12. The number of carbonyl (C=O) groups is 1. The quantitative estimate of drug-likeness (QED) is 0.600. The van der Waals surface area contributed by atoms with Crippen LogP contribution in [0, 0.1) is 0 Å². The first-order valence-electron chi connectivity index (χ1n) is 12.8. The third kappa shape index (κ3) is 4.23. The van der Waals surface area contributed by atoms with Crippen LogP contribution in [0.3, 0.4) is 0 Å². The number of aryl methyl sites for hydroxylation is 1. The Morgan fingerprint density at radius 1 is 1.00 bits per heavy atom. The van der Waals surface area contributed by atoms with E-state index in [1.54, 1.807) is 0 Å². The fourth-order valence-corrected chi connectivity index (χ4v) is 6.22. The van der Waals surface area contributed by atoms with Gasteiger partial charge in [-0.3, -0.25) is 19.3 Å². The number of benzene rings is 1. The lowest BCUT2D eigenvalue weighted by atomic mass is 10.0. The average Bonchev–Trinajstić information content (AvgIpc) is 3.54. The number of rotatable bonds is 6. The van der Waals surface area contributed by atoms with Gasteiger partial charge in [-0.25, -0.2) is 4.98 Å². The van der Waals surface area contributed by atoms with Crippen LogP contribution in [-0.2, 0) is 18.4 Å². The van der Waals surface area contributed by atoms with E-state index in [0.717, 1.165) is 36.0 Å². The number of aromatic nitrogens is 3. The molecule has 0 atom stereocenters. The monoisotopic (exact) mass is 458 g/mol. The lowest BCUT2D eigenvalue weighted by molar-refractivity contribution is -0.117. The van der Waals surface area contributed by atoms with E-state index in [9.17, 15) is 4.79 Å². The Balaban J connectivity index is 1.21. The Hall–Kier alpha value is -2.77. The summed E-state index contributed by atoms with van der Waals surface area (Å²) in [7, 11) is 2.04. The summed E-state index contributed by atoms with van der Waals surface area (Å²) in [5.41, 5.74) is 3.59. The molecule has 3 aromatic rings. The predicted molar refractivity (Wildman–Crippen MR) is 134 cm³/mol. The van der Waals surface area contributed by atoms with Gasteiger partial charge in [-0.05, 0) is 74.7 Å². The van der Waals surface area contributed by atoms with Crippen LogP contribution in [0.15, 0.2) is 36.7 Å². The summed E-state index contributed by atoms with van der Waals surface area (Å²) in [6, 6.07) is 9.66. The zero-order chi connectivity index (χ0) is 23.1. The molecule has 2 bridgehead atoms. The zero-order valence-electron chi connectivity index (χ0n) is 20.0. The Morgan fingerprint density at radius 2 is 1.76 bits per heavy atom. The number of hydrogen-bond acceptors (Lipinski definition) is 5. The number of carbonyl (C=O) groups excluding carboxylic acids is 1. The summed E-state index contributed by atoms with van der Waals surface area (Å²) >= 11 is 0. The SMILES string of the molecule is Cn1ncc(-c2ccc3cnc(NC(=O)CN4[C@H]5CC[C@H]4CC5)cc3c2)c1CN1CCCCC1. The van der Waals surface area contributed by atoms with Gasteiger partial charge in [-0.15, -0.1) is 0 Å². The average molecular weight is 459 g/mol. The van der Waals surface area contributed by atoms with Crippen molar-refractivity contribution in [3.05, 3.63) is 42.4 Å². The van der Waals surface area contributed by atoms with Crippen molar-refractivity contribution in [3.8, 4) is 11.1 Å². The van der Waals surface area contributed by atoms with Crippen molar-refractivity contribution in [3.63, 3.8) is 0 Å². The van der Waals surface area contributed by atoms with Crippen molar-refractivity contribution in [2.45, 2.75) is 63.6 Å². The summed E-state index contributed by atoms with van der Waals surface area (Å²) in [6.07, 6.45) is 12.7. The molecule has 0 saturated carbocycles. The van der Waals surface area contributed by atoms with Gasteiger partial charge >= 0.3 is 0 Å². The fraction of sp³-hybridized carbons (Fsp3) is 0.519. The van der Waals surface area contributed by atoms with Gasteiger partial charge in [-0.2, -0.15) is 5.10 Å². The second-order valence-corrected chi connectivity index (χ2v) is 10.3. The van der Waals surface area contributed by atoms with E-state index in [0.29, 0.717) is 24.4 Å². The molecule has 178 valence electrons. The molecule has 2 aromatic heterocycles. The molecular weight excluding hydrogens is 424 g/mol. The Bertz CT molecular complexity index is 1180. The highest BCUT2D eigenvalue weighted by molar-refractivity contribution is 5.95. The van der Waals surface area contributed by atoms with E-state index >= 15 is 0 Å². The van der Waals surface area contributed by atoms with Crippen molar-refractivity contribution < 1.29 is 4.79 Å². The van der Waals surface area contributed by atoms with Crippen LogP contribution in [0.4, 0.5) is 5.82 Å². The van der Waals surface area contributed by atoms with Gasteiger partial charge in [0.15, 0.2) is 0 Å². The van der Waals surface area contributed by atoms with Crippen molar-refractivity contribution in [1.29, 1.82) is 0 Å². The Kier molecular flexibility index (Phi) is 5.83. The van der Waals surface area contributed by atoms with Gasteiger partial charge in [0, 0.05) is 42.8 Å². The highest BCUT2D eigenvalue weighted by Gasteiger charge is 2.39. The molecule has 1 N–H and O–H groups in total. The summed E-state index contributed by atoms with van der Waals surface area (Å²) < 4.78 is 2.01. The summed E-state index contributed by atoms with van der Waals surface area (Å²) in [4.78, 5) is 22.2. The molecule has 0 spiro atoms. The van der Waals surface area contributed by atoms with Gasteiger partial charge in [0.25, 0.3) is 0 Å². The molecule has 1 aromatic carbocycles. The van der Waals surface area contributed by atoms with E-state index in [4.69, 9.17) is 0 Å². The van der Waals surface area contributed by atoms with E-state index in [-0.39, 0.29) is 5.91 Å². The van der Waals surface area contributed by atoms with E-state index in [1.807, 2.05) is 30.2 Å². The molecule has 3 aliphatic heterocycles. The largest absolute Gasteiger partial charge is 0.310 e. The summed E-state index contributed by atoms with van der Waals surface area (Å²) in [5, 5.41) is 9.77. The van der Waals surface area contributed by atoms with Crippen LogP contribution in [-0.4, -0.2) is 62.2 Å². The summed E-state index contributed by atoms with van der Waals surface area (Å²) in [5.74, 6) is 0.666. The highest BCUT2D eigenvalue weighted by atomic mass is 16.2. The molecule has 3 aliphatic rings. The number of fused-ring (bicyclic) bond motifs is 3. The maximum absolute atomic E-state index is 12.7. The van der Waals surface area contributed by atoms with Crippen LogP contribution < -0.4 is 5.32 Å². The number of likely N-dealkylation sites (tertiary alicyclic amines) is 1. The number of amides is 1. The molecule has 7 nitrogen and oxygen atoms in total. The standard InChI is InChI=1S/C27H34N6O/c1-31-25(17-32-11-3-2-4-12-32)24(16-29-31)19-5-6-20-15-28-26(14-21(20)13-19)30-27(34)18-33-22-7-8-23(33)10-9-22/h5-6,13-16,22-23H,2-4,7-12,17-18H2,1H3,(H,28,30,34)/t22-,23-. The lowest BCUT2D eigenvalue weighted by Gasteiger charge is -2.26. The number of nitrogens with zero attached hydrogens (tertiary/aromatic N) is 5. The normalized spacial score (nSPS) is 23.1. The van der Waals surface area contributed by atoms with Crippen LogP contribution in [0.5, 0.6) is 0 Å². The van der Waals surface area contributed by atoms with Crippen LogP contribution in [0.1, 0.15) is 50.6 Å². The number of pyridine rings is 1. The number of piperidine rings is 1. The van der Waals surface area contributed by atoms with Gasteiger partial charge < -0.3 is 5.32 Å². The highest BCUT2D eigenvalue weighted by Crippen LogP contribution is 2.37. The van der Waals surface area contributed by atoms with E-state index < -0.39 is 0 Å². The Morgan fingerprint density at radius 3 is 2.53 bits per heavy atom. The van der Waals surface area contributed by atoms with Gasteiger partial charge in [0.05, 0.1) is 18.4 Å². The third-order valence-electron chi connectivity index (χ3n) is 8.11. The zero-order valence-corrected chi connectivity index (χ0v) is 20.0. The fourth-order valence-electron chi connectivity index (χ4n) is 6.22. The van der Waals surface area contributed by atoms with E-state index in [2.05, 4.69) is 43.4 Å². The minimum Gasteiger partial charge on any atom is -0.310 e. The maximum atomic E-state index is 12.7. The van der Waals surface area contributed by atoms with Crippen molar-refractivity contribution in [2.75, 3.05) is 25.0 Å². The van der Waals surface area contributed by atoms with Crippen molar-refractivity contribution >= 4 is 22.5 Å². The molecule has 5 heterocycles. The van der Waals surface area contributed by atoms with E-state index in [1.165, 1.54) is 56.2 Å². The molecule has 0 unspecified atom stereocenters. The molecule has 34 heavy (non-hydrogen) atoms. The molecule has 0 radical (unpaired) electrons. The van der Waals surface area contributed by atoms with Crippen LogP contribution in [0.25, 0.3) is 21.9 Å². The molecular formula is C27H34N6O. The van der Waals surface area contributed by atoms with Crippen molar-refractivity contribution in [2.24, 2.45) is 7.05 Å². The molecule has 6 rings (SSSR count). The molecule has 3 saturated heterocycles. The first kappa shape index (κ1) is 21.7. The number of nitrogens with one attached hydrogen (secondary N) is 1. The first-order valence-corrected chi connectivity index (χ1v) is 12.8. The number of hydrogen-bond donors (Lipinski definition) is 1. The van der Waals surface area contributed by atoms with Crippen LogP contribution in [0.2, 0.25) is 0 Å². The maximum Gasteiger partial charge on any atom is 0.239 e. The molecule has 0 aliphatic carbocycles. The second-order valence-electron chi connectivity index (χ2n) is 10.3. The molecule has 1 amide bonds. The molecule has 3 fully saturated rings. The minimum absolute atomic E-state index is 0.0397. The van der Waals surface area contributed by atoms with Gasteiger partial charge in [-0.1, -0.05) is 18.6 Å². The predicted octanol–water partition coefficient (Wildman–Crippen LogP) is 4.19. The smallest absolute Gasteiger partial charge is 0.239 e. The topological polar surface area (TPSA) is 66.3 Å². The minimum atomic E-state index is 0.0397. The van der Waals surface area contributed by atoms with Crippen molar-refractivity contribution in [1.82, 2.24) is 24.6 Å². The Labute approximate surface area is 201 Å². The van der Waals surface area contributed by atoms with Crippen LogP contribution >= 0.6 is 0 Å². The number of anilines is 1. The summed E-state index contributed by atoms with van der Waals surface area (Å²) in [6.45, 7) is 3.73. The third-order valence-corrected chi connectivity index (χ3v) is 8.11. The van der Waals surface area contributed by atoms with Gasteiger partial charge in [0.2, 0.25) is 5.91 Å². The van der Waals surface area contributed by atoms with Gasteiger partial charge in [0.1, 0.15) is 5.82 Å².